The molecule has 0 aliphatic carbocycles. The van der Waals surface area contributed by atoms with E-state index in [1.165, 1.54) is 0 Å². The molecule has 0 bridgehead atoms. The van der Waals surface area contributed by atoms with Gasteiger partial charge in [0.2, 0.25) is 0 Å². The molecule has 0 atom stereocenters. The van der Waals surface area contributed by atoms with E-state index >= 15 is 0 Å². The first-order valence-electron chi connectivity index (χ1n) is 11.2. The van der Waals surface area contributed by atoms with Crippen molar-refractivity contribution in [3.05, 3.63) is 60.0 Å². The number of hydrogen-bond donors (Lipinski definition) is 1. The van der Waals surface area contributed by atoms with Gasteiger partial charge >= 0.3 is 0 Å². The number of pyridine rings is 1. The molecule has 2 aliphatic heterocycles. The molecule has 8 heteroatoms. The lowest BCUT2D eigenvalue weighted by Crippen LogP contribution is -2.53. The average molecular weight is 553 g/mol. The van der Waals surface area contributed by atoms with E-state index in [1.807, 2.05) is 30.5 Å². The molecule has 0 amide bonds. The number of nitrogens with one attached hydrogen (secondary N) is 1. The van der Waals surface area contributed by atoms with Gasteiger partial charge in [0.15, 0.2) is 5.96 Å². The molecule has 1 aromatic heterocycles. The van der Waals surface area contributed by atoms with Crippen LogP contribution in [0.4, 0.5) is 10.2 Å². The number of hydrogen-bond acceptors (Lipinski definition) is 4. The molecule has 3 heterocycles. The summed E-state index contributed by atoms with van der Waals surface area (Å²) in [6.45, 7) is 8.65. The number of guanidine groups is 1. The van der Waals surface area contributed by atoms with Gasteiger partial charge in [0.25, 0.3) is 0 Å². The zero-order chi connectivity index (χ0) is 21.5. The van der Waals surface area contributed by atoms with Crippen molar-refractivity contribution in [1.29, 1.82) is 0 Å². The number of ether oxygens (including phenoxy) is 1. The number of benzene rings is 1. The Balaban J connectivity index is 0.00000289. The summed E-state index contributed by atoms with van der Waals surface area (Å²) in [7, 11) is 0. The third kappa shape index (κ3) is 5.89. The fraction of sp³-hybridized carbons (Fsp3) is 0.500. The van der Waals surface area contributed by atoms with Gasteiger partial charge < -0.3 is 19.9 Å². The minimum absolute atomic E-state index is 0. The van der Waals surface area contributed by atoms with Crippen molar-refractivity contribution in [2.75, 3.05) is 57.4 Å². The van der Waals surface area contributed by atoms with Gasteiger partial charge in [-0.15, -0.1) is 24.0 Å². The van der Waals surface area contributed by atoms with Crippen molar-refractivity contribution >= 4 is 35.8 Å². The molecule has 2 saturated heterocycles. The van der Waals surface area contributed by atoms with Crippen LogP contribution < -0.4 is 10.2 Å². The van der Waals surface area contributed by atoms with Crippen LogP contribution >= 0.6 is 24.0 Å². The Hall–Kier alpha value is -1.94. The summed E-state index contributed by atoms with van der Waals surface area (Å²) in [6, 6.07) is 13.0. The van der Waals surface area contributed by atoms with Crippen LogP contribution in [0, 0.1) is 5.82 Å². The second-order valence-corrected chi connectivity index (χ2v) is 8.23. The Labute approximate surface area is 207 Å². The van der Waals surface area contributed by atoms with Crippen LogP contribution in [-0.4, -0.2) is 68.3 Å². The molecule has 2 aromatic rings. The zero-order valence-corrected chi connectivity index (χ0v) is 21.0. The average Bonchev–Trinajstić information content (AvgIpc) is 2.83. The van der Waals surface area contributed by atoms with Crippen molar-refractivity contribution in [2.45, 2.75) is 25.2 Å². The van der Waals surface area contributed by atoms with Crippen LogP contribution in [0.2, 0.25) is 0 Å². The number of halogens is 2. The van der Waals surface area contributed by atoms with Crippen LogP contribution in [0.25, 0.3) is 0 Å². The second-order valence-electron chi connectivity index (χ2n) is 8.23. The topological polar surface area (TPSA) is 53.0 Å². The van der Waals surface area contributed by atoms with Crippen molar-refractivity contribution < 1.29 is 9.13 Å². The number of piperazine rings is 1. The zero-order valence-electron chi connectivity index (χ0n) is 18.7. The smallest absolute Gasteiger partial charge is 0.194 e. The molecule has 6 nitrogen and oxygen atoms in total. The molecule has 2 fully saturated rings. The third-order valence-corrected chi connectivity index (χ3v) is 6.33. The summed E-state index contributed by atoms with van der Waals surface area (Å²) in [4.78, 5) is 14.2. The summed E-state index contributed by atoms with van der Waals surface area (Å²) in [5.74, 6) is 1.78. The van der Waals surface area contributed by atoms with Gasteiger partial charge in [0.05, 0.1) is 6.54 Å². The molecule has 0 unspecified atom stereocenters. The SMILES string of the molecule is CCNC(=NCC1(c2ccc(F)cc2)CCOCC1)N1CCN(c2ccccn2)CC1.I. The van der Waals surface area contributed by atoms with Crippen LogP contribution in [0.1, 0.15) is 25.3 Å². The second kappa shape index (κ2) is 11.8. The molecule has 1 N–H and O–H groups in total. The lowest BCUT2D eigenvalue weighted by atomic mass is 9.74. The number of anilines is 1. The number of aromatic nitrogens is 1. The Morgan fingerprint density at radius 2 is 1.81 bits per heavy atom. The first kappa shape index (κ1) is 24.7. The maximum atomic E-state index is 13.5. The van der Waals surface area contributed by atoms with E-state index in [4.69, 9.17) is 9.73 Å². The normalized spacial score (nSPS) is 18.8. The van der Waals surface area contributed by atoms with Crippen molar-refractivity contribution in [2.24, 2.45) is 4.99 Å². The summed E-state index contributed by atoms with van der Waals surface area (Å²) >= 11 is 0. The number of nitrogens with zero attached hydrogens (tertiary/aromatic N) is 4. The van der Waals surface area contributed by atoms with Crippen molar-refractivity contribution in [1.82, 2.24) is 15.2 Å². The minimum Gasteiger partial charge on any atom is -0.381 e. The summed E-state index contributed by atoms with van der Waals surface area (Å²) in [5, 5.41) is 3.47. The maximum absolute atomic E-state index is 13.5. The number of aliphatic imine (C=N–C) groups is 1. The van der Waals surface area contributed by atoms with Crippen LogP contribution in [0.3, 0.4) is 0 Å². The molecule has 0 spiro atoms. The van der Waals surface area contributed by atoms with Crippen molar-refractivity contribution in [3.63, 3.8) is 0 Å². The lowest BCUT2D eigenvalue weighted by Gasteiger charge is -2.39. The molecule has 32 heavy (non-hydrogen) atoms. The predicted octanol–water partition coefficient (Wildman–Crippen LogP) is 3.67. The van der Waals surface area contributed by atoms with E-state index in [2.05, 4.69) is 33.1 Å². The molecule has 0 saturated carbocycles. The first-order valence-corrected chi connectivity index (χ1v) is 11.2. The summed E-state index contributed by atoms with van der Waals surface area (Å²) in [6.07, 6.45) is 3.64. The highest BCUT2D eigenvalue weighted by Crippen LogP contribution is 2.35. The molecule has 2 aliphatic rings. The van der Waals surface area contributed by atoms with Gasteiger partial charge in [0, 0.05) is 57.5 Å². The third-order valence-electron chi connectivity index (χ3n) is 6.33. The van der Waals surface area contributed by atoms with E-state index in [0.29, 0.717) is 19.8 Å². The molecule has 174 valence electrons. The van der Waals surface area contributed by atoms with Gasteiger partial charge in [-0.2, -0.15) is 0 Å². The Morgan fingerprint density at radius 1 is 1.09 bits per heavy atom. The van der Waals surface area contributed by atoms with E-state index in [-0.39, 0.29) is 35.2 Å². The minimum atomic E-state index is -0.200. The Bertz CT molecular complexity index is 850. The summed E-state index contributed by atoms with van der Waals surface area (Å²) in [5.41, 5.74) is 1.04. The monoisotopic (exact) mass is 553 g/mol. The highest BCUT2D eigenvalue weighted by atomic mass is 127. The largest absolute Gasteiger partial charge is 0.381 e. The van der Waals surface area contributed by atoms with E-state index in [9.17, 15) is 4.39 Å². The van der Waals surface area contributed by atoms with Gasteiger partial charge in [-0.1, -0.05) is 18.2 Å². The van der Waals surface area contributed by atoms with Gasteiger partial charge in [-0.3, -0.25) is 4.99 Å². The van der Waals surface area contributed by atoms with Crippen molar-refractivity contribution in [3.8, 4) is 0 Å². The van der Waals surface area contributed by atoms with Gasteiger partial charge in [0.1, 0.15) is 11.6 Å². The van der Waals surface area contributed by atoms with Crippen LogP contribution in [0.15, 0.2) is 53.7 Å². The van der Waals surface area contributed by atoms with Crippen LogP contribution in [-0.2, 0) is 10.2 Å². The molecule has 1 aromatic carbocycles. The van der Waals surface area contributed by atoms with Gasteiger partial charge in [-0.05, 0) is 49.6 Å². The Kier molecular flexibility index (Phi) is 9.10. The number of rotatable bonds is 5. The Morgan fingerprint density at radius 3 is 2.44 bits per heavy atom. The van der Waals surface area contributed by atoms with Crippen LogP contribution in [0.5, 0.6) is 0 Å². The quantitative estimate of drug-likeness (QED) is 0.348. The van der Waals surface area contributed by atoms with E-state index in [0.717, 1.165) is 62.9 Å². The van der Waals surface area contributed by atoms with E-state index < -0.39 is 0 Å². The fourth-order valence-electron chi connectivity index (χ4n) is 4.44. The van der Waals surface area contributed by atoms with E-state index in [1.54, 1.807) is 12.1 Å². The van der Waals surface area contributed by atoms with Gasteiger partial charge in [-0.25, -0.2) is 9.37 Å². The molecular formula is C24H33FIN5O. The molecule has 4 rings (SSSR count). The molecule has 0 radical (unpaired) electrons. The first-order chi connectivity index (χ1) is 15.2. The lowest BCUT2D eigenvalue weighted by molar-refractivity contribution is 0.0530. The standard InChI is InChI=1S/C24H32FN5O.HI/c1-2-26-23(30-15-13-29(14-16-30)22-5-3-4-12-27-22)28-19-24(10-17-31-18-11-24)20-6-8-21(25)9-7-20;/h3-9,12H,2,10-11,13-19H2,1H3,(H,26,28);1H. The maximum Gasteiger partial charge on any atom is 0.194 e. The fourth-order valence-corrected chi connectivity index (χ4v) is 4.44. The predicted molar refractivity (Wildman–Crippen MR) is 138 cm³/mol. The highest BCUT2D eigenvalue weighted by Gasteiger charge is 2.35. The highest BCUT2D eigenvalue weighted by molar-refractivity contribution is 14.0. The molecular weight excluding hydrogens is 520 g/mol. The summed E-state index contributed by atoms with van der Waals surface area (Å²) < 4.78 is 19.1.